The first-order valence-electron chi connectivity index (χ1n) is 8.89. The number of pyridine rings is 1. The fourth-order valence-electron chi connectivity index (χ4n) is 3.39. The van der Waals surface area contributed by atoms with E-state index in [-0.39, 0.29) is 28.8 Å². The SMILES string of the molecule is CC(C)C(=O)N1CCCC1C(=O)Nc1cnc2c(c1)c(=O)n(C)c(=O)n2C. The van der Waals surface area contributed by atoms with Gasteiger partial charge in [0, 0.05) is 26.6 Å². The highest BCUT2D eigenvalue weighted by atomic mass is 16.2. The van der Waals surface area contributed by atoms with Crippen molar-refractivity contribution in [2.75, 3.05) is 11.9 Å². The summed E-state index contributed by atoms with van der Waals surface area (Å²) < 4.78 is 2.28. The summed E-state index contributed by atoms with van der Waals surface area (Å²) in [7, 11) is 2.92. The maximum absolute atomic E-state index is 12.7. The number of nitrogens with zero attached hydrogens (tertiary/aromatic N) is 4. The zero-order chi connectivity index (χ0) is 19.9. The second-order valence-electron chi connectivity index (χ2n) is 7.13. The van der Waals surface area contributed by atoms with Crippen molar-refractivity contribution in [3.8, 4) is 0 Å². The van der Waals surface area contributed by atoms with Gasteiger partial charge in [-0.05, 0) is 18.9 Å². The highest BCUT2D eigenvalue weighted by Gasteiger charge is 2.35. The zero-order valence-electron chi connectivity index (χ0n) is 15.9. The Hall–Kier alpha value is -2.97. The highest BCUT2D eigenvalue weighted by molar-refractivity contribution is 5.98. The quantitative estimate of drug-likeness (QED) is 0.828. The van der Waals surface area contributed by atoms with E-state index in [4.69, 9.17) is 0 Å². The molecule has 1 unspecified atom stereocenters. The number of carbonyl (C=O) groups excluding carboxylic acids is 2. The molecule has 1 atom stereocenters. The van der Waals surface area contributed by atoms with Gasteiger partial charge in [-0.25, -0.2) is 9.78 Å². The summed E-state index contributed by atoms with van der Waals surface area (Å²) in [5, 5.41) is 2.98. The van der Waals surface area contributed by atoms with Crippen LogP contribution in [-0.4, -0.2) is 43.4 Å². The van der Waals surface area contributed by atoms with Crippen molar-refractivity contribution in [3.63, 3.8) is 0 Å². The average Bonchev–Trinajstić information content (AvgIpc) is 3.13. The Balaban J connectivity index is 1.91. The van der Waals surface area contributed by atoms with Crippen LogP contribution in [0.25, 0.3) is 11.0 Å². The van der Waals surface area contributed by atoms with Crippen LogP contribution in [0, 0.1) is 5.92 Å². The maximum Gasteiger partial charge on any atom is 0.332 e. The van der Waals surface area contributed by atoms with E-state index in [0.717, 1.165) is 11.0 Å². The summed E-state index contributed by atoms with van der Waals surface area (Å²) >= 11 is 0. The number of hydrogen-bond acceptors (Lipinski definition) is 5. The summed E-state index contributed by atoms with van der Waals surface area (Å²) in [4.78, 5) is 55.1. The largest absolute Gasteiger partial charge is 0.332 e. The van der Waals surface area contributed by atoms with Crippen LogP contribution < -0.4 is 16.6 Å². The van der Waals surface area contributed by atoms with E-state index in [1.54, 1.807) is 4.90 Å². The zero-order valence-corrected chi connectivity index (χ0v) is 15.9. The molecule has 0 saturated carbocycles. The number of aryl methyl sites for hydroxylation is 1. The topological polar surface area (TPSA) is 106 Å². The third-order valence-corrected chi connectivity index (χ3v) is 4.89. The molecule has 9 nitrogen and oxygen atoms in total. The van der Waals surface area contributed by atoms with Gasteiger partial charge in [-0.2, -0.15) is 0 Å². The van der Waals surface area contributed by atoms with Crippen LogP contribution >= 0.6 is 0 Å². The molecule has 0 aromatic carbocycles. The predicted octanol–water partition coefficient (Wildman–Crippen LogP) is 0.218. The predicted molar refractivity (Wildman–Crippen MR) is 100 cm³/mol. The average molecular weight is 373 g/mol. The molecule has 9 heteroatoms. The Morgan fingerprint density at radius 2 is 1.93 bits per heavy atom. The van der Waals surface area contributed by atoms with E-state index in [9.17, 15) is 19.2 Å². The smallest absolute Gasteiger partial charge is 0.330 e. The molecule has 1 aliphatic rings. The minimum absolute atomic E-state index is 0.0480. The Morgan fingerprint density at radius 1 is 1.22 bits per heavy atom. The lowest BCUT2D eigenvalue weighted by molar-refractivity contribution is -0.139. The fourth-order valence-corrected chi connectivity index (χ4v) is 3.39. The molecule has 144 valence electrons. The summed E-state index contributed by atoms with van der Waals surface area (Å²) in [5.74, 6) is -0.525. The summed E-state index contributed by atoms with van der Waals surface area (Å²) in [6.07, 6.45) is 2.78. The van der Waals surface area contributed by atoms with E-state index in [0.29, 0.717) is 18.7 Å². The number of amides is 2. The van der Waals surface area contributed by atoms with Crippen LogP contribution in [0.1, 0.15) is 26.7 Å². The molecule has 1 fully saturated rings. The number of likely N-dealkylation sites (tertiary alicyclic amines) is 1. The van der Waals surface area contributed by atoms with Crippen molar-refractivity contribution in [1.29, 1.82) is 0 Å². The van der Waals surface area contributed by atoms with Gasteiger partial charge in [-0.3, -0.25) is 23.5 Å². The van der Waals surface area contributed by atoms with Crippen LogP contribution in [0.4, 0.5) is 5.69 Å². The van der Waals surface area contributed by atoms with Gasteiger partial charge in [-0.1, -0.05) is 13.8 Å². The molecule has 3 rings (SSSR count). The first-order chi connectivity index (χ1) is 12.7. The second-order valence-corrected chi connectivity index (χ2v) is 7.13. The molecule has 2 aromatic heterocycles. The summed E-state index contributed by atoms with van der Waals surface area (Å²) in [6.45, 7) is 4.18. The van der Waals surface area contributed by atoms with Gasteiger partial charge >= 0.3 is 5.69 Å². The number of fused-ring (bicyclic) bond motifs is 1. The van der Waals surface area contributed by atoms with Gasteiger partial charge in [-0.15, -0.1) is 0 Å². The lowest BCUT2D eigenvalue weighted by Gasteiger charge is -2.25. The van der Waals surface area contributed by atoms with Gasteiger partial charge in [0.25, 0.3) is 5.56 Å². The number of aromatic nitrogens is 3. The Labute approximate surface area is 155 Å². The van der Waals surface area contributed by atoms with E-state index in [1.807, 2.05) is 13.8 Å². The Kier molecular flexibility index (Phi) is 4.86. The monoisotopic (exact) mass is 373 g/mol. The van der Waals surface area contributed by atoms with Crippen molar-refractivity contribution >= 4 is 28.5 Å². The summed E-state index contributed by atoms with van der Waals surface area (Å²) in [6, 6.07) is 0.976. The minimum Gasteiger partial charge on any atom is -0.330 e. The number of carbonyl (C=O) groups is 2. The first-order valence-corrected chi connectivity index (χ1v) is 8.89. The molecule has 0 aliphatic carbocycles. The third-order valence-electron chi connectivity index (χ3n) is 4.89. The fraction of sp³-hybridized carbons (Fsp3) is 0.500. The van der Waals surface area contributed by atoms with Crippen LogP contribution in [0.15, 0.2) is 21.9 Å². The molecule has 2 aromatic rings. The van der Waals surface area contributed by atoms with Crippen molar-refractivity contribution < 1.29 is 9.59 Å². The third kappa shape index (κ3) is 3.24. The first kappa shape index (κ1) is 18.8. The highest BCUT2D eigenvalue weighted by Crippen LogP contribution is 2.22. The molecular weight excluding hydrogens is 350 g/mol. The van der Waals surface area contributed by atoms with Crippen molar-refractivity contribution in [1.82, 2.24) is 19.0 Å². The van der Waals surface area contributed by atoms with E-state index < -0.39 is 17.3 Å². The number of rotatable bonds is 3. The van der Waals surface area contributed by atoms with Crippen LogP contribution in [-0.2, 0) is 23.7 Å². The number of hydrogen-bond donors (Lipinski definition) is 1. The Bertz CT molecular complexity index is 1040. The van der Waals surface area contributed by atoms with Crippen molar-refractivity contribution in [3.05, 3.63) is 33.1 Å². The van der Waals surface area contributed by atoms with Crippen LogP contribution in [0.2, 0.25) is 0 Å². The molecule has 0 bridgehead atoms. The van der Waals surface area contributed by atoms with E-state index >= 15 is 0 Å². The standard InChI is InChI=1S/C18H23N5O4/c1-10(2)16(25)23-7-5-6-13(23)15(24)20-11-8-12-14(19-9-11)21(3)18(27)22(4)17(12)26/h8-10,13H,5-7H2,1-4H3,(H,20,24). The van der Waals surface area contributed by atoms with Crippen molar-refractivity contribution in [2.45, 2.75) is 32.7 Å². The number of anilines is 1. The van der Waals surface area contributed by atoms with Gasteiger partial charge < -0.3 is 10.2 Å². The minimum atomic E-state index is -0.529. The molecule has 0 spiro atoms. The van der Waals surface area contributed by atoms with Crippen LogP contribution in [0.5, 0.6) is 0 Å². The normalized spacial score (nSPS) is 16.9. The molecule has 1 saturated heterocycles. The summed E-state index contributed by atoms with van der Waals surface area (Å²) in [5.41, 5.74) is -0.342. The maximum atomic E-state index is 12.7. The molecular formula is C18H23N5O4. The van der Waals surface area contributed by atoms with Gasteiger partial charge in [0.1, 0.15) is 11.7 Å². The van der Waals surface area contributed by atoms with Gasteiger partial charge in [0.05, 0.1) is 17.3 Å². The van der Waals surface area contributed by atoms with Gasteiger partial charge in [0.15, 0.2) is 0 Å². The lowest BCUT2D eigenvalue weighted by atomic mass is 10.1. The molecule has 1 aliphatic heterocycles. The number of nitrogens with one attached hydrogen (secondary N) is 1. The second kappa shape index (κ2) is 6.98. The molecule has 3 heterocycles. The van der Waals surface area contributed by atoms with E-state index in [1.165, 1.54) is 30.9 Å². The molecule has 27 heavy (non-hydrogen) atoms. The van der Waals surface area contributed by atoms with Gasteiger partial charge in [0.2, 0.25) is 11.8 Å². The lowest BCUT2D eigenvalue weighted by Crippen LogP contribution is -2.44. The van der Waals surface area contributed by atoms with E-state index in [2.05, 4.69) is 10.3 Å². The van der Waals surface area contributed by atoms with Crippen LogP contribution in [0.3, 0.4) is 0 Å². The molecule has 2 amide bonds. The molecule has 0 radical (unpaired) electrons. The Morgan fingerprint density at radius 3 is 2.59 bits per heavy atom. The molecule has 1 N–H and O–H groups in total. The van der Waals surface area contributed by atoms with Crippen molar-refractivity contribution in [2.24, 2.45) is 20.0 Å².